The second-order valence-electron chi connectivity index (χ2n) is 4.61. The molecule has 0 radical (unpaired) electrons. The summed E-state index contributed by atoms with van der Waals surface area (Å²) >= 11 is 0. The van der Waals surface area contributed by atoms with Gasteiger partial charge in [0.15, 0.2) is 11.5 Å². The van der Waals surface area contributed by atoms with Crippen molar-refractivity contribution in [3.63, 3.8) is 0 Å². The molecular formula is C16H21NO3. The van der Waals surface area contributed by atoms with Gasteiger partial charge in [-0.25, -0.2) is 0 Å². The third-order valence-electron chi connectivity index (χ3n) is 3.03. The van der Waals surface area contributed by atoms with Crippen molar-refractivity contribution in [3.8, 4) is 11.5 Å². The van der Waals surface area contributed by atoms with Crippen molar-refractivity contribution in [2.75, 3.05) is 19.0 Å². The van der Waals surface area contributed by atoms with E-state index in [-0.39, 0.29) is 6.04 Å². The number of benzene rings is 1. The van der Waals surface area contributed by atoms with E-state index in [4.69, 9.17) is 13.9 Å². The summed E-state index contributed by atoms with van der Waals surface area (Å²) in [5.74, 6) is 3.30. The van der Waals surface area contributed by atoms with Gasteiger partial charge in [-0.1, -0.05) is 0 Å². The minimum Gasteiger partial charge on any atom is -0.493 e. The molecule has 0 saturated heterocycles. The van der Waals surface area contributed by atoms with Crippen molar-refractivity contribution in [1.82, 2.24) is 0 Å². The summed E-state index contributed by atoms with van der Waals surface area (Å²) in [6.45, 7) is 6.56. The Bertz CT molecular complexity index is 563. The van der Waals surface area contributed by atoms with E-state index in [2.05, 4.69) is 12.2 Å². The molecule has 108 valence electrons. The molecular weight excluding hydrogens is 254 g/mol. The molecule has 0 spiro atoms. The van der Waals surface area contributed by atoms with Crippen molar-refractivity contribution in [2.24, 2.45) is 0 Å². The molecule has 0 bridgehead atoms. The molecule has 1 atom stereocenters. The molecule has 20 heavy (non-hydrogen) atoms. The Labute approximate surface area is 119 Å². The first-order valence-electron chi connectivity index (χ1n) is 6.77. The predicted molar refractivity (Wildman–Crippen MR) is 79.6 cm³/mol. The molecule has 2 aromatic rings. The highest BCUT2D eigenvalue weighted by Gasteiger charge is 2.11. The van der Waals surface area contributed by atoms with Crippen LogP contribution in [0.3, 0.4) is 0 Å². The molecule has 1 heterocycles. The number of furan rings is 1. The van der Waals surface area contributed by atoms with E-state index in [1.165, 1.54) is 0 Å². The zero-order valence-corrected chi connectivity index (χ0v) is 12.4. The number of hydrogen-bond acceptors (Lipinski definition) is 4. The molecule has 1 unspecified atom stereocenters. The molecule has 1 N–H and O–H groups in total. The molecule has 1 aromatic heterocycles. The fraction of sp³-hybridized carbons (Fsp3) is 0.375. The minimum atomic E-state index is 0.0892. The number of rotatable bonds is 6. The first-order valence-corrected chi connectivity index (χ1v) is 6.77. The maximum Gasteiger partial charge on any atom is 0.162 e. The Morgan fingerprint density at radius 3 is 2.60 bits per heavy atom. The van der Waals surface area contributed by atoms with E-state index in [9.17, 15) is 0 Å². The lowest BCUT2D eigenvalue weighted by Crippen LogP contribution is -2.06. The summed E-state index contributed by atoms with van der Waals surface area (Å²) < 4.78 is 16.5. The van der Waals surface area contributed by atoms with Crippen LogP contribution in [0.5, 0.6) is 11.5 Å². The smallest absolute Gasteiger partial charge is 0.162 e. The van der Waals surface area contributed by atoms with Crippen LogP contribution in [0, 0.1) is 6.92 Å². The normalized spacial score (nSPS) is 12.0. The van der Waals surface area contributed by atoms with E-state index in [1.807, 2.05) is 44.2 Å². The Morgan fingerprint density at radius 2 is 2.00 bits per heavy atom. The highest BCUT2D eigenvalue weighted by Crippen LogP contribution is 2.31. The van der Waals surface area contributed by atoms with Crippen molar-refractivity contribution in [2.45, 2.75) is 26.8 Å². The van der Waals surface area contributed by atoms with Crippen LogP contribution in [-0.4, -0.2) is 13.7 Å². The number of hydrogen-bond donors (Lipinski definition) is 1. The molecule has 0 amide bonds. The molecule has 1 aromatic carbocycles. The van der Waals surface area contributed by atoms with E-state index in [0.717, 1.165) is 28.7 Å². The highest BCUT2D eigenvalue weighted by atomic mass is 16.5. The minimum absolute atomic E-state index is 0.0892. The maximum absolute atomic E-state index is 5.62. The van der Waals surface area contributed by atoms with Crippen LogP contribution < -0.4 is 14.8 Å². The van der Waals surface area contributed by atoms with Gasteiger partial charge in [0.1, 0.15) is 11.5 Å². The van der Waals surface area contributed by atoms with E-state index < -0.39 is 0 Å². The summed E-state index contributed by atoms with van der Waals surface area (Å²) in [4.78, 5) is 0. The van der Waals surface area contributed by atoms with Crippen LogP contribution in [0.4, 0.5) is 5.69 Å². The van der Waals surface area contributed by atoms with Gasteiger partial charge in [0, 0.05) is 11.8 Å². The molecule has 4 nitrogen and oxygen atoms in total. The van der Waals surface area contributed by atoms with Gasteiger partial charge in [0.05, 0.1) is 19.8 Å². The van der Waals surface area contributed by atoms with Crippen LogP contribution in [0.15, 0.2) is 34.7 Å². The largest absolute Gasteiger partial charge is 0.493 e. The third-order valence-corrected chi connectivity index (χ3v) is 3.03. The topological polar surface area (TPSA) is 43.6 Å². The highest BCUT2D eigenvalue weighted by molar-refractivity contribution is 5.55. The van der Waals surface area contributed by atoms with Gasteiger partial charge in [-0.15, -0.1) is 0 Å². The first kappa shape index (κ1) is 14.3. The summed E-state index contributed by atoms with van der Waals surface area (Å²) in [6.07, 6.45) is 0. The summed E-state index contributed by atoms with van der Waals surface area (Å²) in [6, 6.07) is 9.85. The SMILES string of the molecule is CCOc1ccc(NC(C)c2ccc(C)o2)cc1OC. The van der Waals surface area contributed by atoms with Crippen LogP contribution in [0.2, 0.25) is 0 Å². The maximum atomic E-state index is 5.62. The van der Waals surface area contributed by atoms with Crippen LogP contribution in [-0.2, 0) is 0 Å². The van der Waals surface area contributed by atoms with Gasteiger partial charge >= 0.3 is 0 Å². The molecule has 0 fully saturated rings. The van der Waals surface area contributed by atoms with Gasteiger partial charge in [0.2, 0.25) is 0 Å². The van der Waals surface area contributed by atoms with Crippen LogP contribution in [0.1, 0.15) is 31.4 Å². The van der Waals surface area contributed by atoms with Crippen molar-refractivity contribution in [3.05, 3.63) is 41.9 Å². The van der Waals surface area contributed by atoms with Gasteiger partial charge < -0.3 is 19.2 Å². The van der Waals surface area contributed by atoms with Gasteiger partial charge in [-0.2, -0.15) is 0 Å². The zero-order chi connectivity index (χ0) is 14.5. The van der Waals surface area contributed by atoms with Crippen molar-refractivity contribution >= 4 is 5.69 Å². The molecule has 4 heteroatoms. The predicted octanol–water partition coefficient (Wildman–Crippen LogP) is 4.17. The number of nitrogens with one attached hydrogen (secondary N) is 1. The number of ether oxygens (including phenoxy) is 2. The standard InChI is InChI=1S/C16H21NO3/c1-5-19-15-9-7-13(10-16(15)18-4)17-12(3)14-8-6-11(2)20-14/h6-10,12,17H,5H2,1-4H3. The molecule has 0 aliphatic carbocycles. The Morgan fingerprint density at radius 1 is 1.20 bits per heavy atom. The Kier molecular flexibility index (Phi) is 4.56. The van der Waals surface area contributed by atoms with Gasteiger partial charge in [0.25, 0.3) is 0 Å². The average Bonchev–Trinajstić information content (AvgIpc) is 2.87. The quantitative estimate of drug-likeness (QED) is 0.859. The molecule has 0 aliphatic rings. The van der Waals surface area contributed by atoms with E-state index in [0.29, 0.717) is 6.61 Å². The fourth-order valence-corrected chi connectivity index (χ4v) is 2.04. The summed E-state index contributed by atoms with van der Waals surface area (Å²) in [5, 5.41) is 3.39. The first-order chi connectivity index (χ1) is 9.63. The van der Waals surface area contributed by atoms with Crippen LogP contribution >= 0.6 is 0 Å². The fourth-order valence-electron chi connectivity index (χ4n) is 2.04. The lowest BCUT2D eigenvalue weighted by molar-refractivity contribution is 0.311. The van der Waals surface area contributed by atoms with Crippen molar-refractivity contribution in [1.29, 1.82) is 0 Å². The second-order valence-corrected chi connectivity index (χ2v) is 4.61. The third kappa shape index (κ3) is 3.26. The summed E-state index contributed by atoms with van der Waals surface area (Å²) in [5.41, 5.74) is 0.965. The van der Waals surface area contributed by atoms with Gasteiger partial charge in [-0.05, 0) is 45.0 Å². The average molecular weight is 275 g/mol. The van der Waals surface area contributed by atoms with E-state index >= 15 is 0 Å². The second kappa shape index (κ2) is 6.37. The lowest BCUT2D eigenvalue weighted by Gasteiger charge is -2.15. The van der Waals surface area contributed by atoms with E-state index in [1.54, 1.807) is 7.11 Å². The lowest BCUT2D eigenvalue weighted by atomic mass is 10.2. The van der Waals surface area contributed by atoms with Crippen molar-refractivity contribution < 1.29 is 13.9 Å². The number of aryl methyl sites for hydroxylation is 1. The summed E-state index contributed by atoms with van der Waals surface area (Å²) in [7, 11) is 1.64. The Balaban J connectivity index is 2.13. The van der Waals surface area contributed by atoms with Gasteiger partial charge in [-0.3, -0.25) is 0 Å². The molecule has 0 aliphatic heterocycles. The Hall–Kier alpha value is -2.10. The van der Waals surface area contributed by atoms with Crippen LogP contribution in [0.25, 0.3) is 0 Å². The number of methoxy groups -OCH3 is 1. The zero-order valence-electron chi connectivity index (χ0n) is 12.4. The number of anilines is 1. The monoisotopic (exact) mass is 275 g/mol. The molecule has 2 rings (SSSR count). The molecule has 0 saturated carbocycles.